The summed E-state index contributed by atoms with van der Waals surface area (Å²) in [4.78, 5) is 23.3. The minimum absolute atomic E-state index is 0.172. The lowest BCUT2D eigenvalue weighted by atomic mass is 9.62. The van der Waals surface area contributed by atoms with Crippen molar-refractivity contribution in [3.63, 3.8) is 0 Å². The van der Waals surface area contributed by atoms with Gasteiger partial charge in [0.2, 0.25) is 0 Å². The number of carbonyl (C=O) groups is 2. The van der Waals surface area contributed by atoms with Crippen molar-refractivity contribution in [1.82, 2.24) is 0 Å². The Morgan fingerprint density at radius 1 is 1.19 bits per heavy atom. The lowest BCUT2D eigenvalue weighted by molar-refractivity contribution is -0.151. The molecule has 7 atom stereocenters. The summed E-state index contributed by atoms with van der Waals surface area (Å²) in [5.41, 5.74) is 2.30. The maximum atomic E-state index is 14.4. The van der Waals surface area contributed by atoms with Crippen molar-refractivity contribution in [2.24, 2.45) is 23.2 Å². The van der Waals surface area contributed by atoms with Gasteiger partial charge in [0.1, 0.15) is 18.4 Å². The molecule has 3 rings (SSSR count). The van der Waals surface area contributed by atoms with Crippen LogP contribution < -0.4 is 0 Å². The SMILES string of the molecule is CC(=O)O[C@@H]1CC(/C=C\C2=CCC[C@]3(C)[C@@H]([C@H](C)CC[C@H](F)C(C)(C)O)CC[C@@H]23)=C(C)[C@@H](OC(C)=O)C1. The molecule has 37 heavy (non-hydrogen) atoms. The quantitative estimate of drug-likeness (QED) is 0.340. The maximum Gasteiger partial charge on any atom is 0.303 e. The number of alkyl halides is 1. The molecule has 0 aromatic carbocycles. The molecule has 0 amide bonds. The van der Waals surface area contributed by atoms with Gasteiger partial charge in [-0.25, -0.2) is 4.39 Å². The van der Waals surface area contributed by atoms with Crippen LogP contribution in [-0.4, -0.2) is 41.0 Å². The number of ether oxygens (including phenoxy) is 2. The van der Waals surface area contributed by atoms with E-state index in [-0.39, 0.29) is 29.6 Å². The van der Waals surface area contributed by atoms with Gasteiger partial charge in [-0.05, 0) is 99.2 Å². The van der Waals surface area contributed by atoms with Crippen molar-refractivity contribution in [1.29, 1.82) is 0 Å². The second-order valence-electron chi connectivity index (χ2n) is 12.5. The average molecular weight is 519 g/mol. The van der Waals surface area contributed by atoms with Crippen molar-refractivity contribution < 1.29 is 28.6 Å². The van der Waals surface area contributed by atoms with E-state index in [4.69, 9.17) is 9.47 Å². The number of halogens is 1. The molecule has 1 saturated carbocycles. The number of esters is 2. The Hall–Kier alpha value is -1.95. The van der Waals surface area contributed by atoms with E-state index in [2.05, 4.69) is 32.1 Å². The third-order valence-electron chi connectivity index (χ3n) is 9.24. The highest BCUT2D eigenvalue weighted by Gasteiger charge is 2.50. The second-order valence-corrected chi connectivity index (χ2v) is 12.5. The first-order valence-electron chi connectivity index (χ1n) is 14.0. The summed E-state index contributed by atoms with van der Waals surface area (Å²) in [6.45, 7) is 12.6. The minimum atomic E-state index is -1.29. The molecule has 0 heterocycles. The molecule has 0 spiro atoms. The molecule has 0 aromatic rings. The zero-order chi connectivity index (χ0) is 27.5. The zero-order valence-corrected chi connectivity index (χ0v) is 23.8. The van der Waals surface area contributed by atoms with E-state index in [1.165, 1.54) is 19.4 Å². The topological polar surface area (TPSA) is 72.8 Å². The van der Waals surface area contributed by atoms with Crippen LogP contribution in [0.25, 0.3) is 0 Å². The van der Waals surface area contributed by atoms with Crippen LogP contribution in [0.4, 0.5) is 4.39 Å². The highest BCUT2D eigenvalue weighted by atomic mass is 19.1. The van der Waals surface area contributed by atoms with E-state index in [1.807, 2.05) is 6.92 Å². The number of carbonyl (C=O) groups excluding carboxylic acids is 2. The second kappa shape index (κ2) is 11.8. The van der Waals surface area contributed by atoms with Gasteiger partial charge in [0.15, 0.2) is 0 Å². The van der Waals surface area contributed by atoms with E-state index in [0.29, 0.717) is 37.0 Å². The summed E-state index contributed by atoms with van der Waals surface area (Å²) >= 11 is 0. The van der Waals surface area contributed by atoms with Crippen LogP contribution in [0.1, 0.15) is 99.8 Å². The fraction of sp³-hybridized carbons (Fsp3) is 0.742. The molecule has 0 bridgehead atoms. The molecular formula is C31H47FO5. The van der Waals surface area contributed by atoms with Crippen LogP contribution >= 0.6 is 0 Å². The van der Waals surface area contributed by atoms with Crippen molar-refractivity contribution in [2.75, 3.05) is 0 Å². The van der Waals surface area contributed by atoms with Crippen LogP contribution in [0.15, 0.2) is 34.9 Å². The normalized spacial score (nSPS) is 32.1. The van der Waals surface area contributed by atoms with E-state index in [1.54, 1.807) is 13.8 Å². The molecule has 0 aromatic heterocycles. The van der Waals surface area contributed by atoms with Crippen LogP contribution in [0.3, 0.4) is 0 Å². The molecule has 0 aliphatic heterocycles. The molecule has 3 aliphatic rings. The first-order chi connectivity index (χ1) is 17.2. The maximum absolute atomic E-state index is 14.4. The van der Waals surface area contributed by atoms with Gasteiger partial charge in [-0.1, -0.05) is 32.1 Å². The molecule has 1 N–H and O–H groups in total. The number of hydrogen-bond acceptors (Lipinski definition) is 5. The lowest BCUT2D eigenvalue weighted by Gasteiger charge is -2.43. The molecule has 0 unspecified atom stereocenters. The van der Waals surface area contributed by atoms with Crippen LogP contribution in [0, 0.1) is 23.2 Å². The first kappa shape index (κ1) is 29.6. The summed E-state index contributed by atoms with van der Waals surface area (Å²) in [6, 6.07) is 0. The van der Waals surface area contributed by atoms with Crippen LogP contribution in [0.5, 0.6) is 0 Å². The van der Waals surface area contributed by atoms with E-state index >= 15 is 0 Å². The predicted octanol–water partition coefficient (Wildman–Crippen LogP) is 6.79. The number of aliphatic hydroxyl groups is 1. The summed E-state index contributed by atoms with van der Waals surface area (Å²) in [7, 11) is 0. The highest BCUT2D eigenvalue weighted by Crippen LogP contribution is 2.59. The zero-order valence-electron chi connectivity index (χ0n) is 23.8. The number of allylic oxidation sites excluding steroid dienone is 4. The van der Waals surface area contributed by atoms with Crippen LogP contribution in [-0.2, 0) is 19.1 Å². The summed E-state index contributed by atoms with van der Waals surface area (Å²) < 4.78 is 25.5. The van der Waals surface area contributed by atoms with Gasteiger partial charge in [-0.15, -0.1) is 0 Å². The van der Waals surface area contributed by atoms with Crippen molar-refractivity contribution >= 4 is 11.9 Å². The minimum Gasteiger partial charge on any atom is -0.462 e. The van der Waals surface area contributed by atoms with Gasteiger partial charge in [-0.2, -0.15) is 0 Å². The van der Waals surface area contributed by atoms with Gasteiger partial charge in [0.25, 0.3) is 0 Å². The Morgan fingerprint density at radius 3 is 2.49 bits per heavy atom. The Balaban J connectivity index is 1.74. The standard InChI is InChI=1S/C31H47FO5/c1-19(10-15-29(32)30(5,6)35)26-13-14-27-23(9-8-16-31(26,27)7)11-12-24-17-25(36-21(3)33)18-28(20(24)2)37-22(4)34/h9,11-12,19,25-29,35H,8,10,13-18H2,1-7H3/b12-11-/t19-,25-,26-,27+,28+,29+,31-/m1/s1. The van der Waals surface area contributed by atoms with Crippen LogP contribution in [0.2, 0.25) is 0 Å². The van der Waals surface area contributed by atoms with Gasteiger partial charge >= 0.3 is 11.9 Å². The molecule has 3 aliphatic carbocycles. The van der Waals surface area contributed by atoms with Crippen molar-refractivity contribution in [3.8, 4) is 0 Å². The summed E-state index contributed by atoms with van der Waals surface area (Å²) in [5, 5.41) is 10.00. The number of rotatable bonds is 9. The van der Waals surface area contributed by atoms with Gasteiger partial charge < -0.3 is 14.6 Å². The molecule has 0 radical (unpaired) electrons. The molecule has 0 saturated heterocycles. The monoisotopic (exact) mass is 518 g/mol. The van der Waals surface area contributed by atoms with Crippen molar-refractivity contribution in [3.05, 3.63) is 34.9 Å². The largest absolute Gasteiger partial charge is 0.462 e. The van der Waals surface area contributed by atoms with E-state index < -0.39 is 11.8 Å². The van der Waals surface area contributed by atoms with Gasteiger partial charge in [0, 0.05) is 26.7 Å². The molecule has 1 fully saturated rings. The van der Waals surface area contributed by atoms with E-state index in [0.717, 1.165) is 43.3 Å². The molecule has 6 heteroatoms. The average Bonchev–Trinajstić information content (AvgIpc) is 3.14. The Labute approximate surface area is 222 Å². The Morgan fingerprint density at radius 2 is 1.86 bits per heavy atom. The number of hydrogen-bond donors (Lipinski definition) is 1. The Bertz CT molecular complexity index is 942. The lowest BCUT2D eigenvalue weighted by Crippen LogP contribution is -2.36. The molecule has 5 nitrogen and oxygen atoms in total. The summed E-state index contributed by atoms with van der Waals surface area (Å²) in [6.07, 6.45) is 11.5. The molecule has 208 valence electrons. The van der Waals surface area contributed by atoms with Crippen molar-refractivity contribution in [2.45, 2.75) is 124 Å². The smallest absolute Gasteiger partial charge is 0.303 e. The first-order valence-corrected chi connectivity index (χ1v) is 14.0. The summed E-state index contributed by atoms with van der Waals surface area (Å²) in [5.74, 6) is 0.721. The molecular weight excluding hydrogens is 471 g/mol. The highest BCUT2D eigenvalue weighted by molar-refractivity contribution is 5.67. The third kappa shape index (κ3) is 7.13. The third-order valence-corrected chi connectivity index (χ3v) is 9.24. The van der Waals surface area contributed by atoms with Gasteiger partial charge in [0.05, 0.1) is 5.60 Å². The van der Waals surface area contributed by atoms with E-state index in [9.17, 15) is 19.1 Å². The van der Waals surface area contributed by atoms with Gasteiger partial charge in [-0.3, -0.25) is 9.59 Å². The predicted molar refractivity (Wildman–Crippen MR) is 143 cm³/mol. The Kier molecular flexibility index (Phi) is 9.47. The fourth-order valence-electron chi connectivity index (χ4n) is 7.12. The number of fused-ring (bicyclic) bond motifs is 1. The fourth-order valence-corrected chi connectivity index (χ4v) is 7.12.